The van der Waals surface area contributed by atoms with Crippen LogP contribution in [0.3, 0.4) is 0 Å². The van der Waals surface area contributed by atoms with Crippen molar-refractivity contribution >= 4 is 29.0 Å². The van der Waals surface area contributed by atoms with Crippen LogP contribution in [-0.4, -0.2) is 53.6 Å². The van der Waals surface area contributed by atoms with Gasteiger partial charge in [0.05, 0.1) is 30.5 Å². The number of aliphatic hydroxyl groups excluding tert-OH is 1. The van der Waals surface area contributed by atoms with Crippen LogP contribution in [0.1, 0.15) is 38.3 Å². The Kier molecular flexibility index (Phi) is 7.25. The molecule has 0 bridgehead atoms. The van der Waals surface area contributed by atoms with Crippen LogP contribution in [0.2, 0.25) is 5.02 Å². The molecule has 0 aliphatic carbocycles. The first-order chi connectivity index (χ1) is 17.3. The Labute approximate surface area is 223 Å². The molecule has 8 heteroatoms. The number of aromatic nitrogens is 1. The molecule has 0 radical (unpaired) electrons. The van der Waals surface area contributed by atoms with E-state index in [9.17, 15) is 15.0 Å². The van der Waals surface area contributed by atoms with Gasteiger partial charge < -0.3 is 24.7 Å². The summed E-state index contributed by atoms with van der Waals surface area (Å²) in [6.07, 6.45) is 1.23. The molecule has 7 nitrogen and oxygen atoms in total. The SMILES string of the molecule is COc1cc(Cl)cc(C(C)(C)C(=O)N(C)c2cnc(N3CC(O)CC3(C)O)cc2-c2ccccc2C)c1. The maximum Gasteiger partial charge on any atom is 0.236 e. The molecule has 0 spiro atoms. The summed E-state index contributed by atoms with van der Waals surface area (Å²) in [5, 5.41) is 21.6. The number of anilines is 2. The molecule has 1 aliphatic heterocycles. The maximum absolute atomic E-state index is 14.0. The van der Waals surface area contributed by atoms with E-state index in [1.165, 1.54) is 0 Å². The number of benzene rings is 2. The molecule has 1 amide bonds. The Morgan fingerprint density at radius 3 is 2.54 bits per heavy atom. The summed E-state index contributed by atoms with van der Waals surface area (Å²) in [6.45, 7) is 7.66. The Balaban J connectivity index is 1.80. The molecule has 1 saturated heterocycles. The van der Waals surface area contributed by atoms with E-state index in [2.05, 4.69) is 4.98 Å². The Morgan fingerprint density at radius 1 is 1.22 bits per heavy atom. The standard InChI is InChI=1S/C29H34ClN3O4/c1-18-9-7-8-10-23(18)24-14-26(33-17-21(34)15-29(33,4)36)31-16-25(24)32(5)27(35)28(2,3)19-11-20(30)13-22(12-19)37-6/h7-14,16,21,34,36H,15,17H2,1-6H3. The summed E-state index contributed by atoms with van der Waals surface area (Å²) >= 11 is 6.31. The number of aryl methyl sites for hydroxylation is 1. The summed E-state index contributed by atoms with van der Waals surface area (Å²) in [4.78, 5) is 21.9. The Bertz CT molecular complexity index is 1320. The van der Waals surface area contributed by atoms with Crippen LogP contribution < -0.4 is 14.5 Å². The number of pyridine rings is 1. The lowest BCUT2D eigenvalue weighted by atomic mass is 9.83. The fraction of sp³-hybridized carbons (Fsp3) is 0.379. The zero-order valence-electron chi connectivity index (χ0n) is 22.1. The molecule has 2 unspecified atom stereocenters. The van der Waals surface area contributed by atoms with Crippen LogP contribution in [-0.2, 0) is 10.2 Å². The number of methoxy groups -OCH3 is 1. The van der Waals surface area contributed by atoms with Crippen LogP contribution >= 0.6 is 11.6 Å². The third kappa shape index (κ3) is 5.17. The molecule has 1 fully saturated rings. The van der Waals surface area contributed by atoms with Gasteiger partial charge in [0, 0.05) is 30.6 Å². The lowest BCUT2D eigenvalue weighted by molar-refractivity contribution is -0.122. The summed E-state index contributed by atoms with van der Waals surface area (Å²) < 4.78 is 5.37. The van der Waals surface area contributed by atoms with Gasteiger partial charge in [-0.15, -0.1) is 0 Å². The zero-order chi connectivity index (χ0) is 27.1. The van der Waals surface area contributed by atoms with Gasteiger partial charge in [0.25, 0.3) is 0 Å². The number of rotatable bonds is 6. The monoisotopic (exact) mass is 523 g/mol. The number of carbonyl (C=O) groups excluding carboxylic acids is 1. The third-order valence-corrected chi connectivity index (χ3v) is 7.42. The molecule has 4 rings (SSSR count). The minimum absolute atomic E-state index is 0.148. The number of hydrogen-bond acceptors (Lipinski definition) is 6. The van der Waals surface area contributed by atoms with E-state index < -0.39 is 17.2 Å². The Hall–Kier alpha value is -3.13. The van der Waals surface area contributed by atoms with Crippen molar-refractivity contribution in [3.63, 3.8) is 0 Å². The first-order valence-corrected chi connectivity index (χ1v) is 12.6. The van der Waals surface area contributed by atoms with Gasteiger partial charge in [0.15, 0.2) is 0 Å². The molecule has 1 aromatic heterocycles. The molecule has 2 atom stereocenters. The van der Waals surface area contributed by atoms with Gasteiger partial charge in [-0.25, -0.2) is 4.98 Å². The first-order valence-electron chi connectivity index (χ1n) is 12.2. The van der Waals surface area contributed by atoms with Crippen molar-refractivity contribution in [3.8, 4) is 16.9 Å². The van der Waals surface area contributed by atoms with Crippen LogP contribution in [0.15, 0.2) is 54.7 Å². The molecule has 196 valence electrons. The highest BCUT2D eigenvalue weighted by molar-refractivity contribution is 6.30. The number of ether oxygens (including phenoxy) is 1. The molecule has 2 N–H and O–H groups in total. The summed E-state index contributed by atoms with van der Waals surface area (Å²) in [5.41, 5.74) is 2.00. The van der Waals surface area contributed by atoms with Gasteiger partial charge in [-0.2, -0.15) is 0 Å². The first kappa shape index (κ1) is 26.9. The lowest BCUT2D eigenvalue weighted by Gasteiger charge is -2.33. The smallest absolute Gasteiger partial charge is 0.236 e. The third-order valence-electron chi connectivity index (χ3n) is 7.21. The van der Waals surface area contributed by atoms with Crippen molar-refractivity contribution in [3.05, 3.63) is 70.9 Å². The number of amides is 1. The average Bonchev–Trinajstić information content (AvgIpc) is 3.14. The van der Waals surface area contributed by atoms with Crippen molar-refractivity contribution in [2.45, 2.75) is 51.4 Å². The van der Waals surface area contributed by atoms with Gasteiger partial charge in [-0.1, -0.05) is 35.9 Å². The van der Waals surface area contributed by atoms with Crippen LogP contribution in [0.5, 0.6) is 5.75 Å². The highest BCUT2D eigenvalue weighted by Gasteiger charge is 2.41. The predicted molar refractivity (Wildman–Crippen MR) is 147 cm³/mol. The van der Waals surface area contributed by atoms with E-state index >= 15 is 0 Å². The lowest BCUT2D eigenvalue weighted by Crippen LogP contribution is -2.42. The normalized spacial score (nSPS) is 19.7. The van der Waals surface area contributed by atoms with E-state index in [4.69, 9.17) is 16.3 Å². The number of aliphatic hydroxyl groups is 2. The highest BCUT2D eigenvalue weighted by Crippen LogP contribution is 2.40. The van der Waals surface area contributed by atoms with E-state index in [1.807, 2.05) is 57.2 Å². The summed E-state index contributed by atoms with van der Waals surface area (Å²) in [6, 6.07) is 15.1. The average molecular weight is 524 g/mol. The van der Waals surface area contributed by atoms with Crippen molar-refractivity contribution in [1.29, 1.82) is 0 Å². The highest BCUT2D eigenvalue weighted by atomic mass is 35.5. The number of nitrogens with zero attached hydrogens (tertiary/aromatic N) is 3. The van der Waals surface area contributed by atoms with Gasteiger partial charge in [0.1, 0.15) is 17.3 Å². The second-order valence-corrected chi connectivity index (χ2v) is 10.9. The summed E-state index contributed by atoms with van der Waals surface area (Å²) in [7, 11) is 3.30. The van der Waals surface area contributed by atoms with Crippen molar-refractivity contribution < 1.29 is 19.7 Å². The van der Waals surface area contributed by atoms with E-state index in [-0.39, 0.29) is 18.9 Å². The number of likely N-dealkylation sites (N-methyl/N-ethyl adjacent to an activating group) is 1. The van der Waals surface area contributed by atoms with Crippen molar-refractivity contribution in [1.82, 2.24) is 4.98 Å². The Morgan fingerprint density at radius 2 is 1.92 bits per heavy atom. The largest absolute Gasteiger partial charge is 0.497 e. The van der Waals surface area contributed by atoms with E-state index in [0.29, 0.717) is 22.3 Å². The molecular weight excluding hydrogens is 490 g/mol. The van der Waals surface area contributed by atoms with E-state index in [0.717, 1.165) is 22.3 Å². The van der Waals surface area contributed by atoms with Crippen LogP contribution in [0, 0.1) is 6.92 Å². The number of β-amino-alcohol motifs (C(OH)–C–C–N with tert-alkyl or cyclic N) is 1. The quantitative estimate of drug-likeness (QED) is 0.476. The molecule has 1 aliphatic rings. The fourth-order valence-corrected chi connectivity index (χ4v) is 5.23. The molecule has 3 aromatic rings. The molecule has 2 aromatic carbocycles. The van der Waals surface area contributed by atoms with Crippen molar-refractivity contribution in [2.75, 3.05) is 30.5 Å². The zero-order valence-corrected chi connectivity index (χ0v) is 22.9. The fourth-order valence-electron chi connectivity index (χ4n) is 5.01. The molecule has 37 heavy (non-hydrogen) atoms. The molecular formula is C29H34ClN3O4. The second kappa shape index (κ2) is 9.97. The minimum atomic E-state index is -1.23. The topological polar surface area (TPSA) is 86.1 Å². The minimum Gasteiger partial charge on any atom is -0.497 e. The van der Waals surface area contributed by atoms with Crippen LogP contribution in [0.4, 0.5) is 11.5 Å². The molecule has 2 heterocycles. The predicted octanol–water partition coefficient (Wildman–Crippen LogP) is 4.94. The maximum atomic E-state index is 14.0. The molecule has 0 saturated carbocycles. The van der Waals surface area contributed by atoms with Gasteiger partial charge in [-0.05, 0) is 68.7 Å². The second-order valence-electron chi connectivity index (χ2n) is 10.4. The number of hydrogen-bond donors (Lipinski definition) is 2. The van der Waals surface area contributed by atoms with Crippen LogP contribution in [0.25, 0.3) is 11.1 Å². The van der Waals surface area contributed by atoms with Gasteiger partial charge >= 0.3 is 0 Å². The number of carbonyl (C=O) groups is 1. The van der Waals surface area contributed by atoms with Gasteiger partial charge in [0.2, 0.25) is 5.91 Å². The number of halogens is 1. The van der Waals surface area contributed by atoms with Crippen molar-refractivity contribution in [2.24, 2.45) is 0 Å². The summed E-state index contributed by atoms with van der Waals surface area (Å²) in [5.74, 6) is 0.963. The van der Waals surface area contributed by atoms with Gasteiger partial charge in [-0.3, -0.25) is 4.79 Å². The van der Waals surface area contributed by atoms with E-state index in [1.54, 1.807) is 49.2 Å².